The van der Waals surface area contributed by atoms with E-state index in [0.29, 0.717) is 23.4 Å². The second-order valence-electron chi connectivity index (χ2n) is 7.11. The summed E-state index contributed by atoms with van der Waals surface area (Å²) >= 11 is 0. The number of aromatic nitrogens is 4. The molecule has 3 aromatic rings. The van der Waals surface area contributed by atoms with E-state index in [1.54, 1.807) is 28.9 Å². The Balaban J connectivity index is 1.68. The molecule has 0 aliphatic rings. The Morgan fingerprint density at radius 3 is 2.39 bits per heavy atom. The molecule has 1 aromatic carbocycles. The quantitative estimate of drug-likeness (QED) is 0.696. The zero-order valence-corrected chi connectivity index (χ0v) is 16.3. The smallest absolute Gasteiger partial charge is 0.283 e. The summed E-state index contributed by atoms with van der Waals surface area (Å²) < 4.78 is 13.5. The number of benzene rings is 1. The summed E-state index contributed by atoms with van der Waals surface area (Å²) in [6.45, 7) is 8.12. The van der Waals surface area contributed by atoms with E-state index in [2.05, 4.69) is 15.5 Å². The first-order valence-electron chi connectivity index (χ1n) is 8.91. The van der Waals surface area contributed by atoms with Crippen LogP contribution in [0.4, 0.5) is 0 Å². The van der Waals surface area contributed by atoms with Gasteiger partial charge in [0.1, 0.15) is 23.2 Å². The molecule has 0 spiro atoms. The Bertz CT molecular complexity index is 1030. The SMILES string of the molecule is CCOc1ccc(OCC(=O)Nn2cnc3c(cnn3C(C)(C)C)c2=O)cc1. The molecule has 0 radical (unpaired) electrons. The fraction of sp³-hybridized carbons (Fsp3) is 0.368. The van der Waals surface area contributed by atoms with E-state index < -0.39 is 11.5 Å². The average Bonchev–Trinajstić information content (AvgIpc) is 3.09. The fourth-order valence-corrected chi connectivity index (χ4v) is 2.60. The number of hydrogen-bond acceptors (Lipinski definition) is 6. The summed E-state index contributed by atoms with van der Waals surface area (Å²) in [5, 5.41) is 4.56. The number of carbonyl (C=O) groups excluding carboxylic acids is 1. The summed E-state index contributed by atoms with van der Waals surface area (Å²) in [6, 6.07) is 6.93. The minimum Gasteiger partial charge on any atom is -0.494 e. The average molecular weight is 385 g/mol. The molecule has 0 atom stereocenters. The molecule has 3 rings (SSSR count). The third-order valence-electron chi connectivity index (χ3n) is 3.87. The molecule has 1 N–H and O–H groups in total. The van der Waals surface area contributed by atoms with Crippen molar-refractivity contribution in [1.29, 1.82) is 0 Å². The van der Waals surface area contributed by atoms with E-state index in [4.69, 9.17) is 9.47 Å². The van der Waals surface area contributed by atoms with E-state index in [1.807, 2.05) is 27.7 Å². The van der Waals surface area contributed by atoms with Crippen LogP contribution in [0.25, 0.3) is 11.0 Å². The van der Waals surface area contributed by atoms with Crippen molar-refractivity contribution in [3.63, 3.8) is 0 Å². The Morgan fingerprint density at radius 1 is 1.14 bits per heavy atom. The van der Waals surface area contributed by atoms with Crippen LogP contribution < -0.4 is 20.5 Å². The summed E-state index contributed by atoms with van der Waals surface area (Å²) in [7, 11) is 0. The normalized spacial score (nSPS) is 11.4. The van der Waals surface area contributed by atoms with Crippen LogP contribution in [0, 0.1) is 0 Å². The Morgan fingerprint density at radius 2 is 1.79 bits per heavy atom. The lowest BCUT2D eigenvalue weighted by Gasteiger charge is -2.19. The lowest BCUT2D eigenvalue weighted by molar-refractivity contribution is -0.119. The molecule has 148 valence electrons. The molecular formula is C19H23N5O4. The van der Waals surface area contributed by atoms with Gasteiger partial charge in [-0.3, -0.25) is 15.0 Å². The van der Waals surface area contributed by atoms with Crippen molar-refractivity contribution in [2.45, 2.75) is 33.2 Å². The minimum atomic E-state index is -0.486. The molecule has 0 aliphatic heterocycles. The van der Waals surface area contributed by atoms with Gasteiger partial charge in [0.05, 0.1) is 18.3 Å². The highest BCUT2D eigenvalue weighted by molar-refractivity contribution is 5.85. The highest BCUT2D eigenvalue weighted by Gasteiger charge is 2.20. The first-order chi connectivity index (χ1) is 13.3. The van der Waals surface area contributed by atoms with Gasteiger partial charge in [0.25, 0.3) is 11.5 Å². The summed E-state index contributed by atoms with van der Waals surface area (Å²) in [6.07, 6.45) is 2.72. The third-order valence-corrected chi connectivity index (χ3v) is 3.87. The van der Waals surface area contributed by atoms with Crippen molar-refractivity contribution in [2.24, 2.45) is 0 Å². The third kappa shape index (κ3) is 4.13. The molecule has 28 heavy (non-hydrogen) atoms. The van der Waals surface area contributed by atoms with Gasteiger partial charge in [-0.25, -0.2) is 14.3 Å². The zero-order valence-electron chi connectivity index (χ0n) is 16.3. The van der Waals surface area contributed by atoms with Crippen molar-refractivity contribution in [2.75, 3.05) is 18.6 Å². The van der Waals surface area contributed by atoms with Gasteiger partial charge >= 0.3 is 0 Å². The fourth-order valence-electron chi connectivity index (χ4n) is 2.60. The van der Waals surface area contributed by atoms with Crippen LogP contribution >= 0.6 is 0 Å². The van der Waals surface area contributed by atoms with E-state index in [0.717, 1.165) is 10.4 Å². The van der Waals surface area contributed by atoms with Crippen LogP contribution in [0.1, 0.15) is 27.7 Å². The van der Waals surface area contributed by atoms with Crippen LogP contribution in [0.2, 0.25) is 0 Å². The second-order valence-corrected chi connectivity index (χ2v) is 7.11. The summed E-state index contributed by atoms with van der Waals surface area (Å²) in [4.78, 5) is 29.0. The molecule has 0 unspecified atom stereocenters. The highest BCUT2D eigenvalue weighted by Crippen LogP contribution is 2.18. The van der Waals surface area contributed by atoms with Crippen LogP contribution in [0.3, 0.4) is 0 Å². The molecule has 0 aliphatic carbocycles. The molecule has 0 saturated carbocycles. The van der Waals surface area contributed by atoms with E-state index >= 15 is 0 Å². The standard InChI is InChI=1S/C19H23N5O4/c1-5-27-13-6-8-14(9-7-13)28-11-16(25)22-23-12-20-17-15(18(23)26)10-21-24(17)19(2,3)4/h6-10,12H,5,11H2,1-4H3,(H,22,25). The van der Waals surface area contributed by atoms with Gasteiger partial charge in [0.15, 0.2) is 12.3 Å². The Labute approximate surface area is 161 Å². The van der Waals surface area contributed by atoms with Crippen LogP contribution in [0.15, 0.2) is 41.6 Å². The van der Waals surface area contributed by atoms with E-state index in [9.17, 15) is 9.59 Å². The first-order valence-corrected chi connectivity index (χ1v) is 8.91. The second kappa shape index (κ2) is 7.71. The summed E-state index contributed by atoms with van der Waals surface area (Å²) in [5.41, 5.74) is 2.21. The van der Waals surface area contributed by atoms with Gasteiger partial charge in [-0.2, -0.15) is 5.10 Å². The maximum atomic E-state index is 12.6. The monoisotopic (exact) mass is 385 g/mol. The molecule has 9 heteroatoms. The van der Waals surface area contributed by atoms with Gasteiger partial charge < -0.3 is 9.47 Å². The van der Waals surface area contributed by atoms with E-state index in [-0.39, 0.29) is 12.1 Å². The van der Waals surface area contributed by atoms with Crippen molar-refractivity contribution >= 4 is 16.9 Å². The molecule has 0 saturated heterocycles. The van der Waals surface area contributed by atoms with Gasteiger partial charge in [-0.15, -0.1) is 0 Å². The lowest BCUT2D eigenvalue weighted by atomic mass is 10.1. The van der Waals surface area contributed by atoms with Crippen LogP contribution in [-0.4, -0.2) is 38.6 Å². The molecule has 2 heterocycles. The number of ether oxygens (including phenoxy) is 2. The van der Waals surface area contributed by atoms with Gasteiger partial charge in [0, 0.05) is 0 Å². The zero-order chi connectivity index (χ0) is 20.3. The highest BCUT2D eigenvalue weighted by atomic mass is 16.5. The van der Waals surface area contributed by atoms with Crippen molar-refractivity contribution in [3.8, 4) is 11.5 Å². The van der Waals surface area contributed by atoms with Crippen LogP contribution in [0.5, 0.6) is 11.5 Å². The molecule has 1 amide bonds. The van der Waals surface area contributed by atoms with Crippen molar-refractivity contribution in [1.82, 2.24) is 19.4 Å². The topological polar surface area (TPSA) is 100 Å². The lowest BCUT2D eigenvalue weighted by Crippen LogP contribution is -2.36. The van der Waals surface area contributed by atoms with E-state index in [1.165, 1.54) is 12.5 Å². The number of carbonyl (C=O) groups is 1. The number of fused-ring (bicyclic) bond motifs is 1. The molecule has 0 bridgehead atoms. The van der Waals surface area contributed by atoms with Crippen molar-refractivity contribution in [3.05, 3.63) is 47.1 Å². The maximum Gasteiger partial charge on any atom is 0.283 e. The number of hydrogen-bond donors (Lipinski definition) is 1. The van der Waals surface area contributed by atoms with Crippen LogP contribution in [-0.2, 0) is 10.3 Å². The Kier molecular flexibility index (Phi) is 5.34. The number of nitrogens with zero attached hydrogens (tertiary/aromatic N) is 4. The number of rotatable bonds is 6. The van der Waals surface area contributed by atoms with Crippen molar-refractivity contribution < 1.29 is 14.3 Å². The van der Waals surface area contributed by atoms with Gasteiger partial charge in [-0.05, 0) is 52.0 Å². The van der Waals surface area contributed by atoms with Gasteiger partial charge in [-0.1, -0.05) is 0 Å². The molecule has 0 fully saturated rings. The predicted molar refractivity (Wildman–Crippen MR) is 104 cm³/mol. The number of amides is 1. The predicted octanol–water partition coefficient (Wildman–Crippen LogP) is 1.90. The largest absolute Gasteiger partial charge is 0.494 e. The molecule has 2 aromatic heterocycles. The first kappa shape index (κ1) is 19.4. The summed E-state index contributed by atoms with van der Waals surface area (Å²) in [5.74, 6) is 0.757. The molecular weight excluding hydrogens is 362 g/mol. The minimum absolute atomic E-state index is 0.250. The Hall–Kier alpha value is -3.36. The van der Waals surface area contributed by atoms with Gasteiger partial charge in [0.2, 0.25) is 0 Å². The molecule has 9 nitrogen and oxygen atoms in total. The number of nitrogens with one attached hydrogen (secondary N) is 1. The maximum absolute atomic E-state index is 12.6.